The number of benzene rings is 1. The Morgan fingerprint density at radius 1 is 1.20 bits per heavy atom. The van der Waals surface area contributed by atoms with Crippen LogP contribution in [0.5, 0.6) is 0 Å². The average Bonchev–Trinajstić information content (AvgIpc) is 2.76. The number of nitrogens with zero attached hydrogens (tertiary/aromatic N) is 3. The van der Waals surface area contributed by atoms with Crippen molar-refractivity contribution in [3.63, 3.8) is 0 Å². The zero-order chi connectivity index (χ0) is 13.5. The lowest BCUT2D eigenvalue weighted by Gasteiger charge is -2.31. The molecule has 0 atom stereocenters. The number of aromatic nitrogens is 2. The molecule has 1 N–H and O–H groups in total. The van der Waals surface area contributed by atoms with Crippen LogP contribution in [-0.2, 0) is 0 Å². The van der Waals surface area contributed by atoms with E-state index >= 15 is 0 Å². The highest BCUT2D eigenvalue weighted by atomic mass is 16.2. The number of fused-ring (bicyclic) bond motifs is 5. The average molecular weight is 270 g/mol. The fourth-order valence-electron chi connectivity index (χ4n) is 3.39. The Kier molecular flexibility index (Phi) is 2.73. The summed E-state index contributed by atoms with van der Waals surface area (Å²) >= 11 is 0. The summed E-state index contributed by atoms with van der Waals surface area (Å²) in [6, 6.07) is 6.21. The lowest BCUT2D eigenvalue weighted by Crippen LogP contribution is -2.41. The van der Waals surface area contributed by atoms with Gasteiger partial charge in [0.2, 0.25) is 0 Å². The zero-order valence-corrected chi connectivity index (χ0v) is 11.4. The number of amides is 1. The number of hydrogen-bond acceptors (Lipinski definition) is 3. The molecule has 3 aliphatic heterocycles. The molecule has 20 heavy (non-hydrogen) atoms. The number of carbonyl (C=O) groups is 1. The minimum absolute atomic E-state index is 0.162. The highest BCUT2D eigenvalue weighted by Crippen LogP contribution is 2.23. The zero-order valence-electron chi connectivity index (χ0n) is 11.4. The van der Waals surface area contributed by atoms with Crippen molar-refractivity contribution < 1.29 is 4.79 Å². The molecule has 0 spiro atoms. The van der Waals surface area contributed by atoms with Gasteiger partial charge in [-0.2, -0.15) is 5.10 Å². The van der Waals surface area contributed by atoms with Crippen molar-refractivity contribution >= 4 is 16.8 Å². The highest BCUT2D eigenvalue weighted by Gasteiger charge is 2.32. The summed E-state index contributed by atoms with van der Waals surface area (Å²) in [6.45, 7) is 4.13. The lowest BCUT2D eigenvalue weighted by atomic mass is 10.0. The van der Waals surface area contributed by atoms with E-state index in [0.717, 1.165) is 55.5 Å². The number of hydrogen-bond donors (Lipinski definition) is 1. The van der Waals surface area contributed by atoms with Gasteiger partial charge in [-0.05, 0) is 25.0 Å². The van der Waals surface area contributed by atoms with Crippen molar-refractivity contribution in [2.45, 2.75) is 18.9 Å². The van der Waals surface area contributed by atoms with E-state index in [1.54, 1.807) is 6.20 Å². The van der Waals surface area contributed by atoms with Crippen LogP contribution in [0.2, 0.25) is 0 Å². The van der Waals surface area contributed by atoms with Gasteiger partial charge >= 0.3 is 0 Å². The largest absolute Gasteiger partial charge is 0.334 e. The molecule has 5 heteroatoms. The number of H-pyrrole nitrogens is 1. The fourth-order valence-corrected chi connectivity index (χ4v) is 3.39. The standard InChI is InChI=1S/C15H18N4O/c20-15(11-1-2-12-10-16-17-14(12)9-11)19-8-7-18-5-3-13(19)4-6-18/h1-2,9-10,13H,3-8H2,(H,16,17). The van der Waals surface area contributed by atoms with Crippen LogP contribution in [0.1, 0.15) is 23.2 Å². The van der Waals surface area contributed by atoms with Gasteiger partial charge in [0.1, 0.15) is 0 Å². The maximum absolute atomic E-state index is 12.8. The lowest BCUT2D eigenvalue weighted by molar-refractivity contribution is 0.0685. The summed E-state index contributed by atoms with van der Waals surface area (Å²) in [5, 5.41) is 7.99. The topological polar surface area (TPSA) is 52.2 Å². The molecule has 2 aromatic rings. The Morgan fingerprint density at radius 3 is 2.90 bits per heavy atom. The minimum atomic E-state index is 0.162. The van der Waals surface area contributed by atoms with Crippen molar-refractivity contribution in [2.24, 2.45) is 0 Å². The molecule has 3 saturated heterocycles. The van der Waals surface area contributed by atoms with Gasteiger partial charge in [0, 0.05) is 43.2 Å². The number of aromatic amines is 1. The van der Waals surface area contributed by atoms with Gasteiger partial charge in [-0.3, -0.25) is 9.89 Å². The molecule has 5 rings (SSSR count). The Labute approximate surface area is 117 Å². The van der Waals surface area contributed by atoms with E-state index in [4.69, 9.17) is 0 Å². The van der Waals surface area contributed by atoms with Crippen LogP contribution < -0.4 is 0 Å². The van der Waals surface area contributed by atoms with E-state index in [-0.39, 0.29) is 5.91 Å². The molecule has 5 nitrogen and oxygen atoms in total. The van der Waals surface area contributed by atoms with Gasteiger partial charge in [0.05, 0.1) is 11.7 Å². The molecule has 0 saturated carbocycles. The quantitative estimate of drug-likeness (QED) is 0.854. The Balaban J connectivity index is 1.65. The third-order valence-corrected chi connectivity index (χ3v) is 4.60. The van der Waals surface area contributed by atoms with E-state index in [1.807, 2.05) is 18.2 Å². The van der Waals surface area contributed by atoms with E-state index in [9.17, 15) is 4.79 Å². The molecule has 1 aromatic heterocycles. The Morgan fingerprint density at radius 2 is 2.05 bits per heavy atom. The van der Waals surface area contributed by atoms with Gasteiger partial charge in [-0.1, -0.05) is 6.07 Å². The SMILES string of the molecule is O=C(c1ccc2cn[nH]c2c1)N1CCN2CCC1CC2. The molecule has 104 valence electrons. The van der Waals surface area contributed by atoms with Gasteiger partial charge in [-0.25, -0.2) is 0 Å². The van der Waals surface area contributed by atoms with Gasteiger partial charge in [0.25, 0.3) is 5.91 Å². The molecule has 1 amide bonds. The second-order valence-corrected chi connectivity index (χ2v) is 5.74. The molecular weight excluding hydrogens is 252 g/mol. The minimum Gasteiger partial charge on any atom is -0.334 e. The molecule has 4 heterocycles. The van der Waals surface area contributed by atoms with Crippen LogP contribution >= 0.6 is 0 Å². The molecule has 0 unspecified atom stereocenters. The van der Waals surface area contributed by atoms with Crippen LogP contribution in [0.15, 0.2) is 24.4 Å². The Bertz CT molecular complexity index is 642. The van der Waals surface area contributed by atoms with Crippen LogP contribution in [-0.4, -0.2) is 58.1 Å². The summed E-state index contributed by atoms with van der Waals surface area (Å²) in [7, 11) is 0. The fraction of sp³-hybridized carbons (Fsp3) is 0.467. The predicted molar refractivity (Wildman–Crippen MR) is 76.6 cm³/mol. The van der Waals surface area contributed by atoms with Gasteiger partial charge in [-0.15, -0.1) is 0 Å². The Hall–Kier alpha value is -1.88. The van der Waals surface area contributed by atoms with Crippen molar-refractivity contribution in [3.05, 3.63) is 30.0 Å². The van der Waals surface area contributed by atoms with Crippen molar-refractivity contribution in [2.75, 3.05) is 26.2 Å². The first kappa shape index (κ1) is 11.9. The molecule has 0 radical (unpaired) electrons. The molecule has 0 aliphatic carbocycles. The maximum Gasteiger partial charge on any atom is 0.254 e. The second-order valence-electron chi connectivity index (χ2n) is 5.74. The highest BCUT2D eigenvalue weighted by molar-refractivity contribution is 5.98. The summed E-state index contributed by atoms with van der Waals surface area (Å²) in [6.07, 6.45) is 4.00. The molecule has 2 bridgehead atoms. The van der Waals surface area contributed by atoms with Crippen molar-refractivity contribution in [1.82, 2.24) is 20.0 Å². The molecular formula is C15H18N4O. The van der Waals surface area contributed by atoms with Crippen LogP contribution in [0, 0.1) is 0 Å². The first-order chi connectivity index (χ1) is 9.81. The van der Waals surface area contributed by atoms with Gasteiger partial charge < -0.3 is 9.80 Å². The second kappa shape index (κ2) is 4.59. The monoisotopic (exact) mass is 270 g/mol. The van der Waals surface area contributed by atoms with E-state index < -0.39 is 0 Å². The van der Waals surface area contributed by atoms with Crippen LogP contribution in [0.4, 0.5) is 0 Å². The van der Waals surface area contributed by atoms with Crippen molar-refractivity contribution in [1.29, 1.82) is 0 Å². The molecule has 3 fully saturated rings. The predicted octanol–water partition coefficient (Wildman–Crippen LogP) is 1.48. The molecule has 3 aliphatic rings. The van der Waals surface area contributed by atoms with E-state index in [0.29, 0.717) is 6.04 Å². The van der Waals surface area contributed by atoms with Crippen molar-refractivity contribution in [3.8, 4) is 0 Å². The smallest absolute Gasteiger partial charge is 0.254 e. The summed E-state index contributed by atoms with van der Waals surface area (Å²) in [4.78, 5) is 17.3. The third kappa shape index (κ3) is 1.89. The molecule has 1 aromatic carbocycles. The summed E-state index contributed by atoms with van der Waals surface area (Å²) in [5.41, 5.74) is 1.70. The first-order valence-electron chi connectivity index (χ1n) is 7.28. The number of carbonyl (C=O) groups excluding carboxylic acids is 1. The first-order valence-corrected chi connectivity index (χ1v) is 7.28. The van der Waals surface area contributed by atoms with Crippen LogP contribution in [0.25, 0.3) is 10.9 Å². The summed E-state index contributed by atoms with van der Waals surface area (Å²) < 4.78 is 0. The van der Waals surface area contributed by atoms with Crippen LogP contribution in [0.3, 0.4) is 0 Å². The number of piperidine rings is 1. The normalized spacial score (nSPS) is 25.9. The maximum atomic E-state index is 12.8. The number of nitrogens with one attached hydrogen (secondary N) is 1. The number of rotatable bonds is 1. The van der Waals surface area contributed by atoms with E-state index in [2.05, 4.69) is 20.0 Å². The summed E-state index contributed by atoms with van der Waals surface area (Å²) in [5.74, 6) is 0.162. The third-order valence-electron chi connectivity index (χ3n) is 4.60. The van der Waals surface area contributed by atoms with Gasteiger partial charge in [0.15, 0.2) is 0 Å². The van der Waals surface area contributed by atoms with E-state index in [1.165, 1.54) is 0 Å².